The topological polar surface area (TPSA) is 114 Å². The summed E-state index contributed by atoms with van der Waals surface area (Å²) in [7, 11) is 0. The zero-order chi connectivity index (χ0) is 24.6. The number of aromatic nitrogens is 2. The molecule has 0 saturated carbocycles. The average Bonchev–Trinajstić information content (AvgIpc) is 3.55. The summed E-state index contributed by atoms with van der Waals surface area (Å²) in [6.45, 7) is 11.8. The van der Waals surface area contributed by atoms with Gasteiger partial charge < -0.3 is 14.2 Å². The lowest BCUT2D eigenvalue weighted by molar-refractivity contribution is -0.150. The van der Waals surface area contributed by atoms with Gasteiger partial charge in [0.25, 0.3) is 11.8 Å². The fraction of sp³-hybridized carbons (Fsp3) is 0.750. The van der Waals surface area contributed by atoms with Crippen molar-refractivity contribution < 1.29 is 23.6 Å². The first-order chi connectivity index (χ1) is 15.4. The molecule has 1 unspecified atom stereocenters. The Morgan fingerprint density at radius 3 is 1.48 bits per heavy atom. The lowest BCUT2D eigenvalue weighted by atomic mass is 9.84. The highest BCUT2D eigenvalue weighted by molar-refractivity contribution is 6.38. The zero-order valence-corrected chi connectivity index (χ0v) is 20.6. The zero-order valence-electron chi connectivity index (χ0n) is 20.6. The Balaban J connectivity index is 1.78. The van der Waals surface area contributed by atoms with Crippen LogP contribution in [0.3, 0.4) is 0 Å². The average molecular weight is 461 g/mol. The van der Waals surface area contributed by atoms with Crippen LogP contribution < -0.4 is 0 Å². The predicted molar refractivity (Wildman–Crippen MR) is 120 cm³/mol. The molecule has 2 atom stereocenters. The number of carbonyl (C=O) groups excluding carboxylic acids is 4. The number of hydrogen-bond acceptors (Lipinski definition) is 7. The molecule has 2 saturated heterocycles. The van der Waals surface area contributed by atoms with Gasteiger partial charge in [0, 0.05) is 23.9 Å². The number of nitrogens with zero attached hydrogens (tertiary/aromatic N) is 4. The molecule has 0 aromatic carbocycles. The fourth-order valence-corrected chi connectivity index (χ4v) is 4.21. The third kappa shape index (κ3) is 4.73. The summed E-state index contributed by atoms with van der Waals surface area (Å²) in [5.41, 5.74) is -1.46. The van der Waals surface area contributed by atoms with Crippen molar-refractivity contribution >= 4 is 23.4 Å². The van der Waals surface area contributed by atoms with E-state index in [1.165, 1.54) is 9.80 Å². The summed E-state index contributed by atoms with van der Waals surface area (Å²) < 4.78 is 5.96. The number of amides is 2. The number of likely N-dealkylation sites (tertiary alicyclic amines) is 2. The van der Waals surface area contributed by atoms with Crippen molar-refractivity contribution in [2.45, 2.75) is 92.2 Å². The van der Waals surface area contributed by atoms with Gasteiger partial charge in [-0.15, -0.1) is 10.2 Å². The lowest BCUT2D eigenvalue weighted by Crippen LogP contribution is -2.42. The summed E-state index contributed by atoms with van der Waals surface area (Å²) in [6, 6.07) is -0.914. The van der Waals surface area contributed by atoms with E-state index in [9.17, 15) is 19.2 Å². The molecule has 2 amide bonds. The highest BCUT2D eigenvalue weighted by atomic mass is 16.4. The molecule has 2 aliphatic rings. The summed E-state index contributed by atoms with van der Waals surface area (Å²) in [5.74, 6) is -1.32. The van der Waals surface area contributed by atoms with E-state index in [1.54, 1.807) is 27.7 Å². The maximum Gasteiger partial charge on any atom is 0.291 e. The summed E-state index contributed by atoms with van der Waals surface area (Å²) in [5, 5.41) is 8.35. The third-order valence-electron chi connectivity index (χ3n) is 7.44. The van der Waals surface area contributed by atoms with E-state index in [0.717, 1.165) is 12.8 Å². The first-order valence-corrected chi connectivity index (χ1v) is 12.0. The minimum atomic E-state index is -0.728. The van der Waals surface area contributed by atoms with Crippen LogP contribution >= 0.6 is 0 Å². The molecule has 9 nitrogen and oxygen atoms in total. The Bertz CT molecular complexity index is 863. The molecule has 0 N–H and O–H groups in total. The van der Waals surface area contributed by atoms with E-state index in [4.69, 9.17) is 4.42 Å². The van der Waals surface area contributed by atoms with Crippen molar-refractivity contribution in [2.75, 3.05) is 13.1 Å². The van der Waals surface area contributed by atoms with Gasteiger partial charge in [0.1, 0.15) is 12.1 Å². The Labute approximate surface area is 195 Å². The molecule has 33 heavy (non-hydrogen) atoms. The van der Waals surface area contributed by atoms with Gasteiger partial charge in [-0.1, -0.05) is 41.5 Å². The molecule has 3 heterocycles. The predicted octanol–water partition coefficient (Wildman–Crippen LogP) is 3.41. The van der Waals surface area contributed by atoms with Crippen molar-refractivity contribution in [1.29, 1.82) is 0 Å². The number of rotatable bonds is 8. The van der Waals surface area contributed by atoms with Crippen LogP contribution in [-0.2, 0) is 19.2 Å². The van der Waals surface area contributed by atoms with E-state index < -0.39 is 46.3 Å². The Morgan fingerprint density at radius 1 is 0.788 bits per heavy atom. The second kappa shape index (κ2) is 9.35. The lowest BCUT2D eigenvalue weighted by Gasteiger charge is -2.27. The molecule has 0 spiro atoms. The molecule has 0 radical (unpaired) electrons. The van der Waals surface area contributed by atoms with Crippen LogP contribution in [0, 0.1) is 10.8 Å². The molecule has 2 fully saturated rings. The van der Waals surface area contributed by atoms with Gasteiger partial charge in [-0.05, 0) is 38.5 Å². The number of hydrogen-bond donors (Lipinski definition) is 0. The van der Waals surface area contributed by atoms with Gasteiger partial charge in [0.05, 0.1) is 0 Å². The van der Waals surface area contributed by atoms with Crippen molar-refractivity contribution in [3.63, 3.8) is 0 Å². The highest BCUT2D eigenvalue weighted by Crippen LogP contribution is 2.37. The second-order valence-electron chi connectivity index (χ2n) is 10.4. The normalized spacial score (nSPS) is 21.5. The molecule has 3 rings (SSSR count). The number of carbonyl (C=O) groups is 4. The van der Waals surface area contributed by atoms with Gasteiger partial charge in [0.2, 0.25) is 23.3 Å². The quantitative estimate of drug-likeness (QED) is 0.546. The van der Waals surface area contributed by atoms with Crippen LogP contribution in [0.1, 0.15) is 104 Å². The Kier molecular flexibility index (Phi) is 7.10. The summed E-state index contributed by atoms with van der Waals surface area (Å²) >= 11 is 0. The van der Waals surface area contributed by atoms with E-state index in [1.807, 2.05) is 13.8 Å². The molecule has 9 heteroatoms. The molecule has 0 aliphatic carbocycles. The van der Waals surface area contributed by atoms with Gasteiger partial charge in [-0.3, -0.25) is 19.2 Å². The van der Waals surface area contributed by atoms with Crippen LogP contribution in [0.25, 0.3) is 0 Å². The SMILES string of the molecule is CCC(C)(C)C(=O)C(=O)N1CCCC1c1nnc([C@@H]2CCCN2C(=O)C(=O)C(C)(C)CC)o1. The van der Waals surface area contributed by atoms with E-state index >= 15 is 0 Å². The third-order valence-corrected chi connectivity index (χ3v) is 7.44. The van der Waals surface area contributed by atoms with Crippen molar-refractivity contribution in [3.8, 4) is 0 Å². The molecule has 1 aromatic heterocycles. The van der Waals surface area contributed by atoms with Crippen molar-refractivity contribution in [1.82, 2.24) is 20.0 Å². The van der Waals surface area contributed by atoms with Crippen molar-refractivity contribution in [2.24, 2.45) is 10.8 Å². The Hall–Kier alpha value is -2.58. The molecule has 1 aromatic rings. The number of ketones is 2. The largest absolute Gasteiger partial charge is 0.421 e. The monoisotopic (exact) mass is 460 g/mol. The maximum atomic E-state index is 12.9. The minimum absolute atomic E-state index is 0.275. The van der Waals surface area contributed by atoms with E-state index in [0.29, 0.717) is 38.8 Å². The fourth-order valence-electron chi connectivity index (χ4n) is 4.21. The van der Waals surface area contributed by atoms with Crippen molar-refractivity contribution in [3.05, 3.63) is 11.8 Å². The molecular weight excluding hydrogens is 424 g/mol. The van der Waals surface area contributed by atoms with Crippen LogP contribution in [0.2, 0.25) is 0 Å². The first-order valence-electron chi connectivity index (χ1n) is 12.0. The van der Waals surface area contributed by atoms with Gasteiger partial charge >= 0.3 is 0 Å². The molecule has 0 bridgehead atoms. The maximum absolute atomic E-state index is 12.9. The minimum Gasteiger partial charge on any atom is -0.421 e. The van der Waals surface area contributed by atoms with Crippen LogP contribution in [0.15, 0.2) is 4.42 Å². The van der Waals surface area contributed by atoms with Crippen LogP contribution in [0.4, 0.5) is 0 Å². The van der Waals surface area contributed by atoms with Gasteiger partial charge in [0.15, 0.2) is 0 Å². The molecular formula is C24H36N4O5. The number of Topliss-reactive ketones (excluding diaryl/α,β-unsaturated/α-hetero) is 2. The van der Waals surface area contributed by atoms with Gasteiger partial charge in [-0.2, -0.15) is 0 Å². The summed E-state index contributed by atoms with van der Waals surface area (Å²) in [4.78, 5) is 54.4. The van der Waals surface area contributed by atoms with Crippen LogP contribution in [-0.4, -0.2) is 56.5 Å². The Morgan fingerprint density at radius 2 is 1.15 bits per heavy atom. The van der Waals surface area contributed by atoms with E-state index in [-0.39, 0.29) is 11.8 Å². The molecule has 2 aliphatic heterocycles. The van der Waals surface area contributed by atoms with Gasteiger partial charge in [-0.25, -0.2) is 0 Å². The second-order valence-corrected chi connectivity index (χ2v) is 10.4. The van der Waals surface area contributed by atoms with E-state index in [2.05, 4.69) is 10.2 Å². The molecule has 182 valence electrons. The standard InChI is InChI=1S/C24H36N4O5/c1-7-23(3,4)17(29)21(31)27-13-9-11-15(27)19-25-26-20(33-19)16-12-10-14-28(16)22(32)18(30)24(5,6)8-2/h15-16H,7-14H2,1-6H3/t15-,16?/m0/s1. The summed E-state index contributed by atoms with van der Waals surface area (Å²) in [6.07, 6.45) is 3.87. The smallest absolute Gasteiger partial charge is 0.291 e. The van der Waals surface area contributed by atoms with Crippen LogP contribution in [0.5, 0.6) is 0 Å². The first kappa shape index (κ1) is 25.1. The highest BCUT2D eigenvalue weighted by Gasteiger charge is 2.43.